The van der Waals surface area contributed by atoms with Crippen LogP contribution in [-0.2, 0) is 10.9 Å². The molecule has 0 saturated carbocycles. The van der Waals surface area contributed by atoms with Gasteiger partial charge in [0.1, 0.15) is 11.3 Å². The Balaban J connectivity index is 2.47. The molecule has 2 rings (SSSR count). The van der Waals surface area contributed by atoms with E-state index in [1.165, 1.54) is 20.0 Å². The fourth-order valence-electron chi connectivity index (χ4n) is 2.58. The van der Waals surface area contributed by atoms with E-state index in [-0.39, 0.29) is 11.6 Å². The second kappa shape index (κ2) is 6.75. The summed E-state index contributed by atoms with van der Waals surface area (Å²) in [5.41, 5.74) is -4.49. The van der Waals surface area contributed by atoms with Gasteiger partial charge in [-0.25, -0.2) is 4.99 Å². The summed E-state index contributed by atoms with van der Waals surface area (Å²) in [6.45, 7) is 1.38. The third-order valence-electron chi connectivity index (χ3n) is 4.14. The van der Waals surface area contributed by atoms with E-state index in [1.807, 2.05) is 0 Å². The summed E-state index contributed by atoms with van der Waals surface area (Å²) in [6, 6.07) is 4.16. The molecule has 5 nitrogen and oxygen atoms in total. The molecule has 0 aromatic heterocycles. The van der Waals surface area contributed by atoms with Crippen LogP contribution in [0.25, 0.3) is 0 Å². The van der Waals surface area contributed by atoms with Crippen molar-refractivity contribution in [3.8, 4) is 6.07 Å². The third-order valence-corrected chi connectivity index (χ3v) is 4.14. The predicted octanol–water partition coefficient (Wildman–Crippen LogP) is 4.27. The van der Waals surface area contributed by atoms with Crippen LogP contribution in [-0.4, -0.2) is 42.5 Å². The Morgan fingerprint density at radius 2 is 1.89 bits per heavy atom. The summed E-state index contributed by atoms with van der Waals surface area (Å²) in [5.74, 6) is -0.245. The zero-order valence-corrected chi connectivity index (χ0v) is 14.4. The van der Waals surface area contributed by atoms with Crippen molar-refractivity contribution in [1.29, 1.82) is 5.26 Å². The third kappa shape index (κ3) is 3.99. The van der Waals surface area contributed by atoms with Gasteiger partial charge in [-0.2, -0.15) is 36.7 Å². The largest absolute Gasteiger partial charge is 0.482 e. The van der Waals surface area contributed by atoms with Gasteiger partial charge in [0.05, 0.1) is 30.0 Å². The van der Waals surface area contributed by atoms with Gasteiger partial charge in [0.2, 0.25) is 5.90 Å². The fourth-order valence-corrected chi connectivity index (χ4v) is 2.58. The Kier molecular flexibility index (Phi) is 5.14. The van der Waals surface area contributed by atoms with E-state index in [9.17, 15) is 26.3 Å². The van der Waals surface area contributed by atoms with Crippen LogP contribution in [0.3, 0.4) is 0 Å². The maximum Gasteiger partial charge on any atom is 0.431 e. The number of aliphatic imine (C=N–C) groups is 1. The molecule has 0 bridgehead atoms. The zero-order chi connectivity index (χ0) is 20.6. The van der Waals surface area contributed by atoms with Gasteiger partial charge >= 0.3 is 12.4 Å². The van der Waals surface area contributed by atoms with Gasteiger partial charge in [0.25, 0.3) is 0 Å². The number of nitriles is 1. The highest BCUT2D eigenvalue weighted by molar-refractivity contribution is 6.00. The average Bonchev–Trinajstić information content (AvgIpc) is 2.88. The minimum Gasteiger partial charge on any atom is -0.482 e. The number of alkyl halides is 6. The van der Waals surface area contributed by atoms with E-state index in [1.54, 1.807) is 0 Å². The first-order valence-electron chi connectivity index (χ1n) is 7.46. The van der Waals surface area contributed by atoms with E-state index in [4.69, 9.17) is 10.00 Å². The molecule has 0 aliphatic carbocycles. The second-order valence-corrected chi connectivity index (χ2v) is 5.98. The van der Waals surface area contributed by atoms with E-state index in [0.29, 0.717) is 6.07 Å². The number of halogens is 6. The van der Waals surface area contributed by atoms with Crippen LogP contribution >= 0.6 is 0 Å². The van der Waals surface area contributed by atoms with Crippen molar-refractivity contribution < 1.29 is 31.1 Å². The standard InChI is InChI=1S/C16H14F6N4O/c1-14(7-12(16(20,21)22)25-26(14)2)13(27-3)24-10-5-4-9(8-23)11(6-10)15(17,18)19/h4-6H,7H2,1-3H3. The van der Waals surface area contributed by atoms with Crippen LogP contribution in [0.2, 0.25) is 0 Å². The lowest BCUT2D eigenvalue weighted by Crippen LogP contribution is -2.46. The Bertz CT molecular complexity index is 837. The summed E-state index contributed by atoms with van der Waals surface area (Å²) in [6.07, 6.45) is -10.0. The Labute approximate surface area is 150 Å². The molecule has 11 heteroatoms. The number of benzene rings is 1. The van der Waals surface area contributed by atoms with Gasteiger partial charge in [-0.3, -0.25) is 5.01 Å². The van der Waals surface area contributed by atoms with Gasteiger partial charge in [-0.15, -0.1) is 0 Å². The second-order valence-electron chi connectivity index (χ2n) is 5.98. The van der Waals surface area contributed by atoms with Crippen molar-refractivity contribution >= 4 is 17.3 Å². The fraction of sp³-hybridized carbons (Fsp3) is 0.438. The molecule has 0 amide bonds. The predicted molar refractivity (Wildman–Crippen MR) is 84.5 cm³/mol. The Morgan fingerprint density at radius 1 is 1.26 bits per heavy atom. The SMILES string of the molecule is COC(=Nc1ccc(C#N)c(C(F)(F)F)c1)C1(C)CC(C(F)(F)F)=NN1C. The van der Waals surface area contributed by atoms with Crippen molar-refractivity contribution in [2.45, 2.75) is 31.2 Å². The zero-order valence-electron chi connectivity index (χ0n) is 14.4. The molecule has 1 aliphatic heterocycles. The quantitative estimate of drug-likeness (QED) is 0.429. The highest BCUT2D eigenvalue weighted by Crippen LogP contribution is 2.37. The van der Waals surface area contributed by atoms with Gasteiger partial charge in [-0.1, -0.05) is 0 Å². The smallest absolute Gasteiger partial charge is 0.431 e. The highest BCUT2D eigenvalue weighted by atomic mass is 19.4. The molecule has 0 radical (unpaired) electrons. The summed E-state index contributed by atoms with van der Waals surface area (Å²) in [5, 5.41) is 13.3. The minimum absolute atomic E-state index is 0.215. The lowest BCUT2D eigenvalue weighted by atomic mass is 9.95. The molecular weight excluding hydrogens is 378 g/mol. The van der Waals surface area contributed by atoms with Crippen LogP contribution in [0.5, 0.6) is 0 Å². The average molecular weight is 392 g/mol. The molecule has 0 N–H and O–H groups in total. The molecule has 1 aromatic carbocycles. The van der Waals surface area contributed by atoms with Crippen molar-refractivity contribution in [3.63, 3.8) is 0 Å². The van der Waals surface area contributed by atoms with Crippen LogP contribution in [0.15, 0.2) is 28.3 Å². The molecule has 27 heavy (non-hydrogen) atoms. The van der Waals surface area contributed by atoms with Gasteiger partial charge < -0.3 is 4.74 Å². The minimum atomic E-state index is -4.79. The van der Waals surface area contributed by atoms with Gasteiger partial charge in [-0.05, 0) is 25.1 Å². The van der Waals surface area contributed by atoms with E-state index in [2.05, 4.69) is 10.1 Å². The van der Waals surface area contributed by atoms with Crippen LogP contribution in [0, 0.1) is 11.3 Å². The molecule has 1 aliphatic rings. The lowest BCUT2D eigenvalue weighted by molar-refractivity contribution is -0.137. The normalized spacial score (nSPS) is 21.1. The van der Waals surface area contributed by atoms with Crippen molar-refractivity contribution in [2.24, 2.45) is 10.1 Å². The molecule has 1 aromatic rings. The van der Waals surface area contributed by atoms with E-state index >= 15 is 0 Å². The van der Waals surface area contributed by atoms with Crippen molar-refractivity contribution in [1.82, 2.24) is 5.01 Å². The first kappa shape index (κ1) is 20.5. The molecule has 1 heterocycles. The topological polar surface area (TPSA) is 61.0 Å². The number of hydrazone groups is 1. The number of likely N-dealkylation sites (N-methyl/N-ethyl adjacent to an activating group) is 1. The Morgan fingerprint density at radius 3 is 2.33 bits per heavy atom. The van der Waals surface area contributed by atoms with Crippen molar-refractivity contribution in [3.05, 3.63) is 29.3 Å². The molecule has 1 atom stereocenters. The molecule has 0 saturated heterocycles. The number of methoxy groups -OCH3 is 1. The van der Waals surface area contributed by atoms with Crippen molar-refractivity contribution in [2.75, 3.05) is 14.2 Å². The molecule has 0 fully saturated rings. The number of ether oxygens (including phenoxy) is 1. The Hall–Kier alpha value is -2.77. The molecular formula is C16H14F6N4O. The number of hydrogen-bond donors (Lipinski definition) is 0. The van der Waals surface area contributed by atoms with Crippen LogP contribution in [0.4, 0.5) is 32.0 Å². The number of rotatable bonds is 2. The maximum absolute atomic E-state index is 13.1. The number of hydrogen-bond acceptors (Lipinski definition) is 5. The summed E-state index contributed by atoms with van der Waals surface area (Å²) >= 11 is 0. The monoisotopic (exact) mass is 392 g/mol. The van der Waals surface area contributed by atoms with Crippen LogP contribution in [0.1, 0.15) is 24.5 Å². The molecule has 1 unspecified atom stereocenters. The number of nitrogens with zero attached hydrogens (tertiary/aromatic N) is 4. The summed E-state index contributed by atoms with van der Waals surface area (Å²) < 4.78 is 83.1. The lowest BCUT2D eigenvalue weighted by Gasteiger charge is -2.31. The maximum atomic E-state index is 13.1. The van der Waals surface area contributed by atoms with Gasteiger partial charge in [0, 0.05) is 13.5 Å². The molecule has 0 spiro atoms. The van der Waals surface area contributed by atoms with Gasteiger partial charge in [0.15, 0.2) is 0 Å². The van der Waals surface area contributed by atoms with E-state index in [0.717, 1.165) is 24.3 Å². The van der Waals surface area contributed by atoms with E-state index < -0.39 is 41.2 Å². The first-order valence-corrected chi connectivity index (χ1v) is 7.46. The molecule has 146 valence electrons. The first-order chi connectivity index (χ1) is 12.3. The summed E-state index contributed by atoms with van der Waals surface area (Å²) in [4.78, 5) is 3.95. The van der Waals surface area contributed by atoms with Crippen LogP contribution < -0.4 is 0 Å². The summed E-state index contributed by atoms with van der Waals surface area (Å²) in [7, 11) is 2.44. The highest BCUT2D eigenvalue weighted by Gasteiger charge is 2.50.